The predicted octanol–water partition coefficient (Wildman–Crippen LogP) is 14.7. The molecule has 4 aromatic rings. The lowest BCUT2D eigenvalue weighted by molar-refractivity contribution is 0.554. The molecule has 0 N–H and O–H groups in total. The third kappa shape index (κ3) is 7.15. The van der Waals surface area contributed by atoms with Crippen molar-refractivity contribution < 1.29 is 8.39 Å². The summed E-state index contributed by atoms with van der Waals surface area (Å²) >= 11 is 0. The van der Waals surface area contributed by atoms with Gasteiger partial charge in [-0.1, -0.05) is 149 Å². The first kappa shape index (κ1) is 37.4. The Hall–Kier alpha value is -2.44. The van der Waals surface area contributed by atoms with Crippen molar-refractivity contribution in [1.82, 2.24) is 0 Å². The highest BCUT2D eigenvalue weighted by Crippen LogP contribution is 2.53. The van der Waals surface area contributed by atoms with Crippen molar-refractivity contribution in [1.29, 1.82) is 0 Å². The number of rotatable bonds is 1. The van der Waals surface area contributed by atoms with E-state index in [1.54, 1.807) is 0 Å². The van der Waals surface area contributed by atoms with Crippen molar-refractivity contribution >= 4 is 30.0 Å². The van der Waals surface area contributed by atoms with Gasteiger partial charge in [0.2, 0.25) is 0 Å². The van der Waals surface area contributed by atoms with Gasteiger partial charge in [-0.25, -0.2) is 0 Å². The van der Waals surface area contributed by atoms with Gasteiger partial charge in [-0.2, -0.15) is 0 Å². The molecule has 1 aromatic heterocycles. The topological polar surface area (TPSA) is 26.3 Å². The Labute approximate surface area is 288 Å². The summed E-state index contributed by atoms with van der Waals surface area (Å²) in [5, 5.41) is 3.58. The minimum Gasteiger partial charge on any atom is -0.415 e. The molecule has 3 heteroatoms. The summed E-state index contributed by atoms with van der Waals surface area (Å²) in [5.41, 5.74) is 12.0. The van der Waals surface area contributed by atoms with Crippen LogP contribution in [0.5, 0.6) is 0 Å². The van der Waals surface area contributed by atoms with Gasteiger partial charge < -0.3 is 8.39 Å². The molecule has 0 aliphatic heterocycles. The van der Waals surface area contributed by atoms with Crippen molar-refractivity contribution in [2.24, 2.45) is 0 Å². The van der Waals surface area contributed by atoms with Crippen LogP contribution in [0.4, 0.5) is 0 Å². The van der Waals surface area contributed by atoms with E-state index in [9.17, 15) is 0 Å². The lowest BCUT2D eigenvalue weighted by Gasteiger charge is -2.30. The van der Waals surface area contributed by atoms with E-state index in [4.69, 9.17) is 8.39 Å². The second-order valence-electron chi connectivity index (χ2n) is 20.3. The molecule has 258 valence electrons. The maximum absolute atomic E-state index is 7.48. The van der Waals surface area contributed by atoms with Gasteiger partial charge in [-0.05, 0) is 85.8 Å². The molecule has 0 amide bonds. The van der Waals surface area contributed by atoms with Gasteiger partial charge in [0.25, 0.3) is 8.01 Å². The summed E-state index contributed by atoms with van der Waals surface area (Å²) in [5.74, 6) is 0. The van der Waals surface area contributed by atoms with Gasteiger partial charge in [-0.15, -0.1) is 0 Å². The molecule has 0 aliphatic rings. The summed E-state index contributed by atoms with van der Waals surface area (Å²) in [6.07, 6.45) is 0. The van der Waals surface area contributed by atoms with E-state index in [2.05, 4.69) is 169 Å². The largest absolute Gasteiger partial charge is 0.415 e. The van der Waals surface area contributed by atoms with Crippen molar-refractivity contribution in [2.45, 2.75) is 171 Å². The van der Waals surface area contributed by atoms with E-state index in [1.807, 2.05) is 0 Å². The van der Waals surface area contributed by atoms with Gasteiger partial charge in [0.15, 0.2) is 0 Å². The van der Waals surface area contributed by atoms with Gasteiger partial charge in [0, 0.05) is 21.9 Å². The highest BCUT2D eigenvalue weighted by Gasteiger charge is 2.33. The van der Waals surface area contributed by atoms with E-state index < -0.39 is 8.01 Å². The molecule has 4 rings (SSSR count). The molecule has 0 atom stereocenters. The minimum absolute atomic E-state index is 0.0376. The summed E-state index contributed by atoms with van der Waals surface area (Å²) < 4.78 is 15.0. The monoisotopic (exact) mass is 656 g/mol. The van der Waals surface area contributed by atoms with Crippen LogP contribution < -0.4 is 0 Å². The quantitative estimate of drug-likeness (QED) is 0.204. The fourth-order valence-corrected chi connectivity index (χ4v) is 8.76. The summed E-state index contributed by atoms with van der Waals surface area (Å²) in [4.78, 5) is 0. The minimum atomic E-state index is -1.53. The molecule has 0 bridgehead atoms. The normalized spacial score (nSPS) is 14.0. The maximum Gasteiger partial charge on any atom is 0.253 e. The molecule has 3 aromatic carbocycles. The zero-order valence-corrected chi connectivity index (χ0v) is 34.5. The third-order valence-electron chi connectivity index (χ3n) is 9.78. The first-order valence-corrected chi connectivity index (χ1v) is 18.8. The first-order chi connectivity index (χ1) is 21.0. The average Bonchev–Trinajstić information content (AvgIpc) is 3.03. The molecule has 0 spiro atoms. The second-order valence-corrected chi connectivity index (χ2v) is 21.6. The number of benzene rings is 3. The van der Waals surface area contributed by atoms with Crippen molar-refractivity contribution in [3.63, 3.8) is 0 Å². The Balaban J connectivity index is 2.51. The molecule has 47 heavy (non-hydrogen) atoms. The van der Waals surface area contributed by atoms with E-state index in [0.29, 0.717) is 0 Å². The zero-order chi connectivity index (χ0) is 36.0. The van der Waals surface area contributed by atoms with Gasteiger partial charge in [0.1, 0.15) is 11.2 Å². The zero-order valence-electron chi connectivity index (χ0n) is 33.7. The van der Waals surface area contributed by atoms with Crippen LogP contribution in [-0.4, -0.2) is 0 Å². The van der Waals surface area contributed by atoms with Crippen molar-refractivity contribution in [2.75, 3.05) is 0 Å². The van der Waals surface area contributed by atoms with Crippen molar-refractivity contribution in [3.8, 4) is 5.30 Å². The summed E-state index contributed by atoms with van der Waals surface area (Å²) in [6, 6.07) is 11.9. The van der Waals surface area contributed by atoms with E-state index in [1.165, 1.54) is 55.3 Å². The number of aryl methyl sites for hydroxylation is 2. The average molecular weight is 657 g/mol. The van der Waals surface area contributed by atoms with Crippen LogP contribution in [0.15, 0.2) is 38.7 Å². The Morgan fingerprint density at radius 1 is 0.404 bits per heavy atom. The van der Waals surface area contributed by atoms with E-state index in [-0.39, 0.29) is 32.5 Å². The Bertz CT molecular complexity index is 1770. The van der Waals surface area contributed by atoms with Crippen LogP contribution in [0.25, 0.3) is 27.2 Å². The predicted molar refractivity (Wildman–Crippen MR) is 209 cm³/mol. The van der Waals surface area contributed by atoms with Crippen molar-refractivity contribution in [3.05, 3.63) is 74.8 Å². The fraction of sp³-hybridized carbons (Fsp3) is 0.591. The van der Waals surface area contributed by atoms with E-state index in [0.717, 1.165) is 16.5 Å². The first-order valence-electron chi connectivity index (χ1n) is 17.6. The lowest BCUT2D eigenvalue weighted by atomic mass is 9.74. The highest BCUT2D eigenvalue weighted by molar-refractivity contribution is 7.45. The number of hydrogen-bond acceptors (Lipinski definition) is 2. The number of fused-ring (bicyclic) bond motifs is 3. The Morgan fingerprint density at radius 3 is 1.04 bits per heavy atom. The van der Waals surface area contributed by atoms with Crippen LogP contribution in [0.2, 0.25) is 0 Å². The van der Waals surface area contributed by atoms with Crippen LogP contribution >= 0.6 is 8.01 Å². The standard InChI is InChI=1S/C44H65O2P/c1-26-29(40(6,7)8)24-32(43(15,16)17)37-35(26)36-27(2)30(41(9,10)11)25-33(44(18,19)20)38(36)46-47(45-37)34-22-21-28(39(3,4)5)23-31(34)42(12,13)14/h21-25H,1-20H3. The smallest absolute Gasteiger partial charge is 0.253 e. The Morgan fingerprint density at radius 2 is 0.745 bits per heavy atom. The molecule has 0 saturated heterocycles. The number of hydrogen-bond donors (Lipinski definition) is 0. The lowest BCUT2D eigenvalue weighted by Crippen LogP contribution is -2.19. The van der Waals surface area contributed by atoms with Crippen LogP contribution in [0.1, 0.15) is 169 Å². The van der Waals surface area contributed by atoms with Crippen LogP contribution in [0, 0.1) is 13.8 Å². The second kappa shape index (κ2) is 11.6. The Kier molecular flexibility index (Phi) is 9.21. The fourth-order valence-electron chi connectivity index (χ4n) is 7.02. The summed E-state index contributed by atoms with van der Waals surface area (Å²) in [7, 11) is -1.53. The molecule has 0 saturated carbocycles. The van der Waals surface area contributed by atoms with Gasteiger partial charge in [0.05, 0.1) is 5.30 Å². The SMILES string of the molecule is Cc1c(C(C)(C)C)cc(C(C)(C)C)c2op(-c3ccc(C(C)(C)C)cc3C(C)(C)C)oc3c(C(C)(C)C)cc(C(C)(C)C)c(C)c3c12. The summed E-state index contributed by atoms with van der Waals surface area (Å²) in [6.45, 7) is 46.4. The molecule has 0 fully saturated rings. The van der Waals surface area contributed by atoms with Gasteiger partial charge >= 0.3 is 0 Å². The van der Waals surface area contributed by atoms with E-state index >= 15 is 0 Å². The molecular weight excluding hydrogens is 591 g/mol. The molecular formula is C44H65O2P. The van der Waals surface area contributed by atoms with Crippen LogP contribution in [0.3, 0.4) is 0 Å². The van der Waals surface area contributed by atoms with Gasteiger partial charge in [-0.3, -0.25) is 0 Å². The molecule has 0 aliphatic carbocycles. The highest BCUT2D eigenvalue weighted by atomic mass is 31.1. The molecule has 0 unspecified atom stereocenters. The third-order valence-corrected chi connectivity index (χ3v) is 11.3. The maximum atomic E-state index is 7.48. The molecule has 1 heterocycles. The molecule has 0 radical (unpaired) electrons. The van der Waals surface area contributed by atoms with Crippen LogP contribution in [-0.2, 0) is 32.5 Å². The molecule has 2 nitrogen and oxygen atoms in total.